The molecule has 0 atom stereocenters. The molecule has 0 spiro atoms. The number of hydrogen-bond acceptors (Lipinski definition) is 3. The van der Waals surface area contributed by atoms with Crippen LogP contribution >= 0.6 is 0 Å². The number of nitrogens with one attached hydrogen (secondary N) is 1. The maximum absolute atomic E-state index is 13.9. The average molecular weight is 301 g/mol. The quantitative estimate of drug-likeness (QED) is 0.891. The van der Waals surface area contributed by atoms with Crippen LogP contribution in [-0.4, -0.2) is 24.4 Å². The van der Waals surface area contributed by atoms with Gasteiger partial charge in [-0.3, -0.25) is 0 Å². The molecule has 1 aliphatic carbocycles. The third-order valence-corrected chi connectivity index (χ3v) is 4.39. The number of halogens is 1. The second-order valence-electron chi connectivity index (χ2n) is 5.87. The molecule has 0 radical (unpaired) electrons. The summed E-state index contributed by atoms with van der Waals surface area (Å²) in [5.41, 5.74) is 2.62. The van der Waals surface area contributed by atoms with Gasteiger partial charge in [0.15, 0.2) is 0 Å². The lowest BCUT2D eigenvalue weighted by Crippen LogP contribution is -2.49. The summed E-state index contributed by atoms with van der Waals surface area (Å²) in [4.78, 5) is 0. The third kappa shape index (κ3) is 2.85. The van der Waals surface area contributed by atoms with Crippen LogP contribution in [0.5, 0.6) is 5.75 Å². The Labute approximate surface area is 129 Å². The Kier molecular flexibility index (Phi) is 4.14. The number of aliphatic hydroxyl groups excluding tert-OH is 1. The highest BCUT2D eigenvalue weighted by atomic mass is 19.1. The highest BCUT2D eigenvalue weighted by molar-refractivity contribution is 5.37. The van der Waals surface area contributed by atoms with E-state index in [9.17, 15) is 9.50 Å². The lowest BCUT2D eigenvalue weighted by molar-refractivity contribution is 0.165. The first-order chi connectivity index (χ1) is 10.7. The minimum atomic E-state index is -0.417. The lowest BCUT2D eigenvalue weighted by atomic mass is 9.96. The van der Waals surface area contributed by atoms with Crippen molar-refractivity contribution in [1.82, 2.24) is 5.32 Å². The van der Waals surface area contributed by atoms with Gasteiger partial charge in [-0.1, -0.05) is 24.3 Å². The summed E-state index contributed by atoms with van der Waals surface area (Å²) >= 11 is 0. The second-order valence-corrected chi connectivity index (χ2v) is 5.87. The third-order valence-electron chi connectivity index (χ3n) is 4.39. The van der Waals surface area contributed by atoms with Crippen molar-refractivity contribution in [3.8, 4) is 5.75 Å². The van der Waals surface area contributed by atoms with Gasteiger partial charge in [-0.15, -0.1) is 0 Å². The van der Waals surface area contributed by atoms with E-state index in [1.165, 1.54) is 17.2 Å². The summed E-state index contributed by atoms with van der Waals surface area (Å²) in [5, 5.41) is 13.2. The number of methoxy groups -OCH3 is 1. The zero-order chi connectivity index (χ0) is 15.6. The van der Waals surface area contributed by atoms with E-state index < -0.39 is 5.54 Å². The summed E-state index contributed by atoms with van der Waals surface area (Å²) in [7, 11) is 1.56. The van der Waals surface area contributed by atoms with Crippen molar-refractivity contribution in [2.45, 2.75) is 24.9 Å². The Bertz CT molecular complexity index is 647. The molecule has 2 aromatic carbocycles. The molecule has 4 heteroatoms. The number of aliphatic hydroxyl groups is 1. The SMILES string of the molecule is COc1ccc(F)c(CNC2(CO)Cc3ccccc3C2)c1. The Morgan fingerprint density at radius 2 is 1.86 bits per heavy atom. The van der Waals surface area contributed by atoms with Gasteiger partial charge in [-0.25, -0.2) is 4.39 Å². The minimum Gasteiger partial charge on any atom is -0.497 e. The van der Waals surface area contributed by atoms with Gasteiger partial charge in [0, 0.05) is 17.6 Å². The van der Waals surface area contributed by atoms with Crippen molar-refractivity contribution < 1.29 is 14.2 Å². The molecular formula is C18H20FNO2. The zero-order valence-corrected chi connectivity index (χ0v) is 12.6. The van der Waals surface area contributed by atoms with Crippen LogP contribution in [0.2, 0.25) is 0 Å². The summed E-state index contributed by atoms with van der Waals surface area (Å²) in [6.45, 7) is 0.380. The van der Waals surface area contributed by atoms with Crippen molar-refractivity contribution in [3.63, 3.8) is 0 Å². The first-order valence-electron chi connectivity index (χ1n) is 7.41. The van der Waals surface area contributed by atoms with Crippen molar-refractivity contribution in [2.75, 3.05) is 13.7 Å². The van der Waals surface area contributed by atoms with Gasteiger partial charge in [0.05, 0.1) is 13.7 Å². The van der Waals surface area contributed by atoms with Gasteiger partial charge in [-0.05, 0) is 42.2 Å². The molecule has 116 valence electrons. The summed E-state index contributed by atoms with van der Waals surface area (Å²) in [6.07, 6.45) is 1.51. The Hall–Kier alpha value is -1.91. The first-order valence-corrected chi connectivity index (χ1v) is 7.41. The topological polar surface area (TPSA) is 41.5 Å². The van der Waals surface area contributed by atoms with Crippen LogP contribution in [0.4, 0.5) is 4.39 Å². The molecule has 0 fully saturated rings. The van der Waals surface area contributed by atoms with Crippen molar-refractivity contribution >= 4 is 0 Å². The molecule has 0 heterocycles. The predicted molar refractivity (Wildman–Crippen MR) is 83.5 cm³/mol. The Morgan fingerprint density at radius 1 is 1.18 bits per heavy atom. The van der Waals surface area contributed by atoms with Crippen molar-refractivity contribution in [3.05, 3.63) is 65.0 Å². The largest absolute Gasteiger partial charge is 0.497 e. The maximum atomic E-state index is 13.9. The van der Waals surface area contributed by atoms with Crippen LogP contribution in [0.1, 0.15) is 16.7 Å². The Balaban J connectivity index is 1.75. The smallest absolute Gasteiger partial charge is 0.127 e. The maximum Gasteiger partial charge on any atom is 0.127 e. The van der Waals surface area contributed by atoms with Gasteiger partial charge in [0.1, 0.15) is 11.6 Å². The molecular weight excluding hydrogens is 281 g/mol. The molecule has 22 heavy (non-hydrogen) atoms. The van der Waals surface area contributed by atoms with E-state index in [2.05, 4.69) is 17.4 Å². The standard InChI is InChI=1S/C18H20FNO2/c1-22-16-6-7-17(19)15(8-16)11-20-18(12-21)9-13-4-2-3-5-14(13)10-18/h2-8,20-21H,9-12H2,1H3. The molecule has 2 aromatic rings. The fourth-order valence-corrected chi connectivity index (χ4v) is 3.08. The molecule has 0 aliphatic heterocycles. The fraction of sp³-hybridized carbons (Fsp3) is 0.333. The molecule has 3 nitrogen and oxygen atoms in total. The van der Waals surface area contributed by atoms with Crippen LogP contribution in [0.25, 0.3) is 0 Å². The van der Waals surface area contributed by atoms with Gasteiger partial charge < -0.3 is 15.2 Å². The number of ether oxygens (including phenoxy) is 1. The van der Waals surface area contributed by atoms with Crippen molar-refractivity contribution in [2.24, 2.45) is 0 Å². The molecule has 0 bridgehead atoms. The van der Waals surface area contributed by atoms with E-state index in [0.717, 1.165) is 12.8 Å². The number of fused-ring (bicyclic) bond motifs is 1. The van der Waals surface area contributed by atoms with Crippen LogP contribution in [0.3, 0.4) is 0 Å². The van der Waals surface area contributed by atoms with Crippen LogP contribution in [0, 0.1) is 5.82 Å². The first kappa shape index (κ1) is 15.0. The lowest BCUT2D eigenvalue weighted by Gasteiger charge is -2.28. The second kappa shape index (κ2) is 6.07. The van der Waals surface area contributed by atoms with E-state index in [0.29, 0.717) is 17.9 Å². The monoisotopic (exact) mass is 301 g/mol. The molecule has 2 N–H and O–H groups in total. The van der Waals surface area contributed by atoms with Gasteiger partial charge >= 0.3 is 0 Å². The van der Waals surface area contributed by atoms with Crippen LogP contribution < -0.4 is 10.1 Å². The highest BCUT2D eigenvalue weighted by Crippen LogP contribution is 2.30. The zero-order valence-electron chi connectivity index (χ0n) is 12.6. The summed E-state index contributed by atoms with van der Waals surface area (Å²) < 4.78 is 19.1. The van der Waals surface area contributed by atoms with E-state index in [4.69, 9.17) is 4.74 Å². The van der Waals surface area contributed by atoms with Gasteiger partial charge in [0.25, 0.3) is 0 Å². The van der Waals surface area contributed by atoms with E-state index in [-0.39, 0.29) is 12.4 Å². The van der Waals surface area contributed by atoms with Gasteiger partial charge in [0.2, 0.25) is 0 Å². The Morgan fingerprint density at radius 3 is 2.45 bits per heavy atom. The van der Waals surface area contributed by atoms with Crippen molar-refractivity contribution in [1.29, 1.82) is 0 Å². The van der Waals surface area contributed by atoms with E-state index in [1.807, 2.05) is 12.1 Å². The molecule has 0 unspecified atom stereocenters. The fourth-order valence-electron chi connectivity index (χ4n) is 3.08. The van der Waals surface area contributed by atoms with E-state index in [1.54, 1.807) is 19.2 Å². The van der Waals surface area contributed by atoms with Gasteiger partial charge in [-0.2, -0.15) is 0 Å². The normalized spacial score (nSPS) is 15.6. The molecule has 0 amide bonds. The minimum absolute atomic E-state index is 0.0211. The summed E-state index contributed by atoms with van der Waals surface area (Å²) in [5.74, 6) is 0.364. The predicted octanol–water partition coefficient (Wildman–Crippen LogP) is 2.45. The number of hydrogen-bond donors (Lipinski definition) is 2. The highest BCUT2D eigenvalue weighted by Gasteiger charge is 2.36. The van der Waals surface area contributed by atoms with Crippen LogP contribution in [0.15, 0.2) is 42.5 Å². The molecule has 1 aliphatic rings. The average Bonchev–Trinajstić information content (AvgIpc) is 2.93. The number of benzene rings is 2. The molecule has 0 saturated heterocycles. The molecule has 0 saturated carbocycles. The van der Waals surface area contributed by atoms with E-state index >= 15 is 0 Å². The summed E-state index contributed by atoms with van der Waals surface area (Å²) in [6, 6.07) is 12.9. The van der Waals surface area contributed by atoms with Crippen LogP contribution in [-0.2, 0) is 19.4 Å². The molecule has 3 rings (SSSR count). The number of rotatable bonds is 5. The molecule has 0 aromatic heterocycles.